The number of rotatable bonds is 19. The van der Waals surface area contributed by atoms with Gasteiger partial charge in [-0.2, -0.15) is 0 Å². The van der Waals surface area contributed by atoms with Crippen molar-refractivity contribution in [1.82, 2.24) is 0 Å². The van der Waals surface area contributed by atoms with Gasteiger partial charge in [0.05, 0.1) is 0 Å². The van der Waals surface area contributed by atoms with Crippen LogP contribution in [0.5, 0.6) is 0 Å². The highest BCUT2D eigenvalue weighted by molar-refractivity contribution is 5.66. The van der Waals surface area contributed by atoms with Crippen LogP contribution in [0.4, 0.5) is 0 Å². The van der Waals surface area contributed by atoms with Crippen molar-refractivity contribution >= 4 is 5.97 Å². The summed E-state index contributed by atoms with van der Waals surface area (Å²) in [5.74, 6) is -0.664. The highest BCUT2D eigenvalue weighted by Gasteiger charge is 1.96. The Kier molecular flexibility index (Phi) is 20.1. The van der Waals surface area contributed by atoms with E-state index in [9.17, 15) is 4.79 Å². The van der Waals surface area contributed by atoms with Gasteiger partial charge in [0.15, 0.2) is 0 Å². The molecule has 0 aromatic carbocycles. The molecule has 2 heteroatoms. The van der Waals surface area contributed by atoms with Crippen molar-refractivity contribution in [2.24, 2.45) is 0 Å². The quantitative estimate of drug-likeness (QED) is 0.190. The number of hydrogen-bond acceptors (Lipinski definition) is 1. The van der Waals surface area contributed by atoms with Gasteiger partial charge in [-0.1, -0.05) is 82.6 Å². The third-order valence-corrected chi connectivity index (χ3v) is 4.57. The van der Waals surface area contributed by atoms with Crippen molar-refractivity contribution in [1.29, 1.82) is 0 Å². The van der Waals surface area contributed by atoms with Crippen LogP contribution in [0.15, 0.2) is 24.3 Å². The van der Waals surface area contributed by atoms with E-state index in [1.807, 2.05) is 0 Å². The van der Waals surface area contributed by atoms with Gasteiger partial charge in [-0.05, 0) is 51.4 Å². The van der Waals surface area contributed by atoms with Gasteiger partial charge in [0.1, 0.15) is 0 Å². The van der Waals surface area contributed by atoms with Crippen molar-refractivity contribution in [2.75, 3.05) is 0 Å². The first-order valence-electron chi connectivity index (χ1n) is 10.8. The van der Waals surface area contributed by atoms with Crippen molar-refractivity contribution in [3.63, 3.8) is 0 Å². The average molecular weight is 351 g/mol. The summed E-state index contributed by atoms with van der Waals surface area (Å²) in [4.78, 5) is 10.4. The smallest absolute Gasteiger partial charge is 0.303 e. The van der Waals surface area contributed by atoms with E-state index in [0.29, 0.717) is 6.42 Å². The van der Waals surface area contributed by atoms with Gasteiger partial charge in [0, 0.05) is 6.42 Å². The Morgan fingerprint density at radius 3 is 1.36 bits per heavy atom. The van der Waals surface area contributed by atoms with Crippen LogP contribution in [0.1, 0.15) is 116 Å². The van der Waals surface area contributed by atoms with Crippen LogP contribution in [0, 0.1) is 0 Å². The molecule has 0 aliphatic rings. The molecule has 0 aromatic rings. The highest BCUT2D eigenvalue weighted by Crippen LogP contribution is 2.11. The molecule has 0 bridgehead atoms. The Morgan fingerprint density at radius 1 is 0.600 bits per heavy atom. The summed E-state index contributed by atoms with van der Waals surface area (Å²) in [5, 5.41) is 8.55. The number of aliphatic carboxylic acids is 1. The number of allylic oxidation sites excluding steroid dienone is 4. The first-order chi connectivity index (χ1) is 12.3. The fraction of sp³-hybridized carbons (Fsp3) is 0.783. The Labute approximate surface area is 156 Å². The number of hydrogen-bond donors (Lipinski definition) is 1. The van der Waals surface area contributed by atoms with Gasteiger partial charge in [-0.25, -0.2) is 0 Å². The molecule has 0 atom stereocenters. The second kappa shape index (κ2) is 21.0. The third-order valence-electron chi connectivity index (χ3n) is 4.57. The van der Waals surface area contributed by atoms with E-state index in [4.69, 9.17) is 5.11 Å². The SMILES string of the molecule is CC/C=C/CCCCCCCCC/C=C/CCCCCCCC(=O)O. The maximum absolute atomic E-state index is 10.4. The molecule has 0 fully saturated rings. The number of carboxylic acid groups (broad SMARTS) is 1. The minimum Gasteiger partial charge on any atom is -0.481 e. The fourth-order valence-electron chi connectivity index (χ4n) is 3.00. The Morgan fingerprint density at radius 2 is 0.960 bits per heavy atom. The van der Waals surface area contributed by atoms with E-state index in [2.05, 4.69) is 31.2 Å². The number of unbranched alkanes of at least 4 members (excludes halogenated alkanes) is 13. The zero-order valence-electron chi connectivity index (χ0n) is 16.7. The average Bonchev–Trinajstić information content (AvgIpc) is 2.60. The first-order valence-corrected chi connectivity index (χ1v) is 10.8. The molecule has 0 saturated carbocycles. The third kappa shape index (κ3) is 22.9. The molecule has 0 radical (unpaired) electrons. The lowest BCUT2D eigenvalue weighted by atomic mass is 10.1. The van der Waals surface area contributed by atoms with Gasteiger partial charge < -0.3 is 5.11 Å². The molecule has 0 unspecified atom stereocenters. The largest absolute Gasteiger partial charge is 0.481 e. The molecule has 0 rings (SSSR count). The summed E-state index contributed by atoms with van der Waals surface area (Å²) >= 11 is 0. The van der Waals surface area contributed by atoms with E-state index in [0.717, 1.165) is 12.8 Å². The normalized spacial score (nSPS) is 11.7. The number of carbonyl (C=O) groups is 1. The van der Waals surface area contributed by atoms with Crippen LogP contribution < -0.4 is 0 Å². The lowest BCUT2D eigenvalue weighted by Crippen LogP contribution is -1.93. The maximum atomic E-state index is 10.4. The fourth-order valence-corrected chi connectivity index (χ4v) is 3.00. The zero-order valence-corrected chi connectivity index (χ0v) is 16.7. The lowest BCUT2D eigenvalue weighted by Gasteiger charge is -2.00. The molecule has 0 aromatic heterocycles. The molecule has 2 nitrogen and oxygen atoms in total. The molecule has 0 aliphatic carbocycles. The predicted molar refractivity (Wildman–Crippen MR) is 110 cm³/mol. The minimum atomic E-state index is -0.664. The molecule has 0 spiro atoms. The molecule has 1 N–H and O–H groups in total. The molecule has 25 heavy (non-hydrogen) atoms. The van der Waals surface area contributed by atoms with Crippen LogP contribution in [0.3, 0.4) is 0 Å². The summed E-state index contributed by atoms with van der Waals surface area (Å²) in [6, 6.07) is 0. The van der Waals surface area contributed by atoms with Crippen LogP contribution in [0.2, 0.25) is 0 Å². The highest BCUT2D eigenvalue weighted by atomic mass is 16.4. The Balaban J connectivity index is 3.11. The summed E-state index contributed by atoms with van der Waals surface area (Å²) < 4.78 is 0. The summed E-state index contributed by atoms with van der Waals surface area (Å²) in [6.45, 7) is 2.19. The molecule has 0 amide bonds. The Hall–Kier alpha value is -1.05. The van der Waals surface area contributed by atoms with Gasteiger partial charge in [0.2, 0.25) is 0 Å². The molecular formula is C23H42O2. The van der Waals surface area contributed by atoms with Crippen LogP contribution >= 0.6 is 0 Å². The molecule has 146 valence electrons. The molecule has 0 aliphatic heterocycles. The van der Waals surface area contributed by atoms with E-state index < -0.39 is 5.97 Å². The minimum absolute atomic E-state index is 0.330. The summed E-state index contributed by atoms with van der Waals surface area (Å²) in [5.41, 5.74) is 0. The zero-order chi connectivity index (χ0) is 18.4. The molecule has 0 saturated heterocycles. The standard InChI is InChI=1S/C23H42O2/c1-2-3-4-5-6-7-8-9-10-11-12-13-14-15-16-17-18-19-20-21-22-23(24)25/h3-4,14-15H,2,5-13,16-22H2,1H3,(H,24,25)/b4-3+,15-14+. The van der Waals surface area contributed by atoms with E-state index in [1.54, 1.807) is 0 Å². The number of carboxylic acids is 1. The van der Waals surface area contributed by atoms with Gasteiger partial charge >= 0.3 is 5.97 Å². The van der Waals surface area contributed by atoms with Crippen molar-refractivity contribution < 1.29 is 9.90 Å². The predicted octanol–water partition coefficient (Wildman–Crippen LogP) is 7.84. The van der Waals surface area contributed by atoms with E-state index >= 15 is 0 Å². The van der Waals surface area contributed by atoms with Gasteiger partial charge in [0.25, 0.3) is 0 Å². The van der Waals surface area contributed by atoms with Gasteiger partial charge in [-0.3, -0.25) is 4.79 Å². The first kappa shape index (κ1) is 23.9. The molecule has 0 heterocycles. The van der Waals surface area contributed by atoms with Gasteiger partial charge in [-0.15, -0.1) is 0 Å². The topological polar surface area (TPSA) is 37.3 Å². The summed E-state index contributed by atoms with van der Waals surface area (Å²) in [6.07, 6.45) is 29.7. The van der Waals surface area contributed by atoms with Crippen molar-refractivity contribution in [2.45, 2.75) is 116 Å². The van der Waals surface area contributed by atoms with Crippen LogP contribution in [-0.2, 0) is 4.79 Å². The second-order valence-corrected chi connectivity index (χ2v) is 7.10. The maximum Gasteiger partial charge on any atom is 0.303 e. The van der Waals surface area contributed by atoms with Crippen LogP contribution in [-0.4, -0.2) is 11.1 Å². The lowest BCUT2D eigenvalue weighted by molar-refractivity contribution is -0.137. The van der Waals surface area contributed by atoms with E-state index in [-0.39, 0.29) is 0 Å². The van der Waals surface area contributed by atoms with Crippen LogP contribution in [0.25, 0.3) is 0 Å². The van der Waals surface area contributed by atoms with Crippen molar-refractivity contribution in [3.05, 3.63) is 24.3 Å². The summed E-state index contributed by atoms with van der Waals surface area (Å²) in [7, 11) is 0. The van der Waals surface area contributed by atoms with Crippen molar-refractivity contribution in [3.8, 4) is 0 Å². The van der Waals surface area contributed by atoms with E-state index in [1.165, 1.54) is 89.9 Å². The second-order valence-electron chi connectivity index (χ2n) is 7.10. The molecular weight excluding hydrogens is 308 g/mol. The monoisotopic (exact) mass is 350 g/mol. The Bertz CT molecular complexity index is 331.